The lowest BCUT2D eigenvalue weighted by Gasteiger charge is -2.12. The number of carboxylic acid groups (broad SMARTS) is 2. The number of carbonyl (C=O) groups excluding carboxylic acids is 1. The van der Waals surface area contributed by atoms with Gasteiger partial charge in [-0.2, -0.15) is 0 Å². The molecule has 5 N–H and O–H groups in total. The molecule has 26 heavy (non-hydrogen) atoms. The fourth-order valence-electron chi connectivity index (χ4n) is 2.33. The van der Waals surface area contributed by atoms with Crippen molar-refractivity contribution in [2.75, 3.05) is 12.8 Å². The number of aromatic amines is 1. The van der Waals surface area contributed by atoms with E-state index in [1.165, 1.54) is 43.5 Å². The third-order valence-corrected chi connectivity index (χ3v) is 3.48. The summed E-state index contributed by atoms with van der Waals surface area (Å²) in [6.45, 7) is 0. The first-order chi connectivity index (χ1) is 12.3. The van der Waals surface area contributed by atoms with Crippen LogP contribution in [0.25, 0.3) is 17.2 Å². The Morgan fingerprint density at radius 1 is 1.08 bits per heavy atom. The summed E-state index contributed by atoms with van der Waals surface area (Å²) in [6.07, 6.45) is 2.64. The number of anilines is 1. The Labute approximate surface area is 146 Å². The molecule has 134 valence electrons. The van der Waals surface area contributed by atoms with Crippen molar-refractivity contribution < 1.29 is 29.3 Å². The number of benzene rings is 1. The van der Waals surface area contributed by atoms with Crippen molar-refractivity contribution in [2.45, 2.75) is 0 Å². The van der Waals surface area contributed by atoms with Gasteiger partial charge in [-0.1, -0.05) is 24.3 Å². The summed E-state index contributed by atoms with van der Waals surface area (Å²) in [5.74, 6) is -4.07. The van der Waals surface area contributed by atoms with E-state index in [0.717, 1.165) is 0 Å². The fourth-order valence-corrected chi connectivity index (χ4v) is 2.33. The molecule has 1 aromatic carbocycles. The molecule has 0 amide bonds. The molecule has 0 aliphatic carbocycles. The molecule has 2 aromatic rings. The second kappa shape index (κ2) is 7.34. The van der Waals surface area contributed by atoms with E-state index >= 15 is 0 Å². The minimum atomic E-state index is -1.58. The van der Waals surface area contributed by atoms with E-state index in [1.54, 1.807) is 0 Å². The lowest BCUT2D eigenvalue weighted by atomic mass is 9.94. The van der Waals surface area contributed by atoms with Gasteiger partial charge < -0.3 is 25.7 Å². The fraction of sp³-hybridized carbons (Fsp3) is 0.0588. The van der Waals surface area contributed by atoms with E-state index in [1.807, 2.05) is 4.98 Å². The van der Waals surface area contributed by atoms with Gasteiger partial charge in [0, 0.05) is 11.6 Å². The van der Waals surface area contributed by atoms with Crippen LogP contribution >= 0.6 is 0 Å². The van der Waals surface area contributed by atoms with Crippen LogP contribution in [0.2, 0.25) is 0 Å². The number of pyridine rings is 1. The van der Waals surface area contributed by atoms with Crippen molar-refractivity contribution in [1.29, 1.82) is 0 Å². The monoisotopic (exact) mass is 358 g/mol. The number of aromatic carboxylic acids is 2. The van der Waals surface area contributed by atoms with Gasteiger partial charge in [-0.15, -0.1) is 0 Å². The highest BCUT2D eigenvalue weighted by Crippen LogP contribution is 2.29. The Hall–Kier alpha value is -3.88. The number of aromatic nitrogens is 1. The zero-order valence-electron chi connectivity index (χ0n) is 13.5. The lowest BCUT2D eigenvalue weighted by molar-refractivity contribution is -0.134. The summed E-state index contributed by atoms with van der Waals surface area (Å²) >= 11 is 0. The van der Waals surface area contributed by atoms with Gasteiger partial charge in [0.05, 0.1) is 7.11 Å². The zero-order valence-corrected chi connectivity index (χ0v) is 13.5. The van der Waals surface area contributed by atoms with Gasteiger partial charge in [-0.3, -0.25) is 4.79 Å². The molecule has 0 saturated carbocycles. The first kappa shape index (κ1) is 18.5. The van der Waals surface area contributed by atoms with Crippen LogP contribution in [-0.4, -0.2) is 40.2 Å². The Morgan fingerprint density at radius 2 is 1.65 bits per heavy atom. The average molecular weight is 358 g/mol. The van der Waals surface area contributed by atoms with Crippen LogP contribution in [0.15, 0.2) is 35.1 Å². The predicted molar refractivity (Wildman–Crippen MR) is 91.9 cm³/mol. The molecule has 0 aliphatic rings. The molecule has 0 spiro atoms. The van der Waals surface area contributed by atoms with Crippen molar-refractivity contribution in [3.8, 4) is 11.1 Å². The molecule has 9 nitrogen and oxygen atoms in total. The minimum Gasteiger partial charge on any atom is -0.478 e. The third-order valence-electron chi connectivity index (χ3n) is 3.48. The van der Waals surface area contributed by atoms with Gasteiger partial charge in [0.1, 0.15) is 16.9 Å². The number of hydrogen-bond donors (Lipinski definition) is 4. The predicted octanol–water partition coefficient (Wildman–Crippen LogP) is 1.21. The van der Waals surface area contributed by atoms with E-state index in [0.29, 0.717) is 5.56 Å². The largest absolute Gasteiger partial charge is 0.478 e. The molecular formula is C17H14N2O7. The average Bonchev–Trinajstić information content (AvgIpc) is 2.58. The molecule has 2 rings (SSSR count). The van der Waals surface area contributed by atoms with Crippen LogP contribution in [-0.2, 0) is 9.53 Å². The van der Waals surface area contributed by atoms with E-state index in [2.05, 4.69) is 4.74 Å². The van der Waals surface area contributed by atoms with Crippen LogP contribution in [0.4, 0.5) is 5.82 Å². The van der Waals surface area contributed by atoms with Crippen molar-refractivity contribution in [2.24, 2.45) is 0 Å². The molecular weight excluding hydrogens is 344 g/mol. The molecule has 1 aromatic heterocycles. The molecule has 0 bridgehead atoms. The highest BCUT2D eigenvalue weighted by atomic mass is 16.5. The topological polar surface area (TPSA) is 160 Å². The van der Waals surface area contributed by atoms with Gasteiger partial charge in [0.15, 0.2) is 0 Å². The Morgan fingerprint density at radius 3 is 2.15 bits per heavy atom. The maximum absolute atomic E-state index is 12.0. The normalized spacial score (nSPS) is 10.7. The Balaban J connectivity index is 2.66. The number of carboxylic acids is 2. The number of hydrogen-bond acceptors (Lipinski definition) is 6. The molecule has 0 radical (unpaired) electrons. The SMILES string of the molecule is COC(=O)C=Cc1ccc(-c2c(C(=O)O)c(N)[nH]c(=O)c2C(=O)O)cc1. The van der Waals surface area contributed by atoms with E-state index < -0.39 is 40.4 Å². The van der Waals surface area contributed by atoms with Gasteiger partial charge in [0.25, 0.3) is 5.56 Å². The van der Waals surface area contributed by atoms with Crippen LogP contribution in [0.1, 0.15) is 26.3 Å². The number of esters is 1. The number of nitrogen functional groups attached to an aromatic ring is 1. The van der Waals surface area contributed by atoms with Crippen molar-refractivity contribution >= 4 is 29.8 Å². The molecule has 9 heteroatoms. The molecule has 0 unspecified atom stereocenters. The number of carbonyl (C=O) groups is 3. The molecule has 0 fully saturated rings. The highest BCUT2D eigenvalue weighted by molar-refractivity contribution is 6.07. The maximum Gasteiger partial charge on any atom is 0.342 e. The first-order valence-corrected chi connectivity index (χ1v) is 7.15. The summed E-state index contributed by atoms with van der Waals surface area (Å²) in [5, 5.41) is 18.7. The highest BCUT2D eigenvalue weighted by Gasteiger charge is 2.26. The van der Waals surface area contributed by atoms with Crippen LogP contribution in [0, 0.1) is 0 Å². The van der Waals surface area contributed by atoms with E-state index in [-0.39, 0.29) is 11.1 Å². The van der Waals surface area contributed by atoms with Gasteiger partial charge >= 0.3 is 17.9 Å². The van der Waals surface area contributed by atoms with Gasteiger partial charge in [-0.25, -0.2) is 14.4 Å². The number of nitrogens with two attached hydrogens (primary N) is 1. The Kier molecular flexibility index (Phi) is 5.21. The van der Waals surface area contributed by atoms with Crippen molar-refractivity contribution in [1.82, 2.24) is 4.98 Å². The second-order valence-electron chi connectivity index (χ2n) is 5.08. The van der Waals surface area contributed by atoms with Crippen molar-refractivity contribution in [3.63, 3.8) is 0 Å². The van der Waals surface area contributed by atoms with Gasteiger partial charge in [-0.05, 0) is 17.2 Å². The summed E-state index contributed by atoms with van der Waals surface area (Å²) in [7, 11) is 1.23. The number of methoxy groups -OCH3 is 1. The van der Waals surface area contributed by atoms with Crippen LogP contribution < -0.4 is 11.3 Å². The summed E-state index contributed by atoms with van der Waals surface area (Å²) < 4.78 is 4.47. The number of nitrogens with one attached hydrogen (secondary N) is 1. The number of rotatable bonds is 5. The van der Waals surface area contributed by atoms with Crippen LogP contribution in [0.3, 0.4) is 0 Å². The minimum absolute atomic E-state index is 0.174. The molecule has 0 aliphatic heterocycles. The number of ether oxygens (including phenoxy) is 1. The molecule has 0 saturated heterocycles. The van der Waals surface area contributed by atoms with Gasteiger partial charge in [0.2, 0.25) is 0 Å². The summed E-state index contributed by atoms with van der Waals surface area (Å²) in [5.41, 5.74) is 3.77. The summed E-state index contributed by atoms with van der Waals surface area (Å²) in [4.78, 5) is 48.1. The van der Waals surface area contributed by atoms with Crippen molar-refractivity contribution in [3.05, 3.63) is 57.4 Å². The standard InChI is InChI=1S/C17H14N2O7/c1-26-10(20)7-4-8-2-5-9(6-3-8)11-12(16(22)23)14(18)19-15(21)13(11)17(24)25/h2-7H,1H3,(H,22,23)(H,24,25)(H3,18,19,21). The van der Waals surface area contributed by atoms with Crippen LogP contribution in [0.5, 0.6) is 0 Å². The Bertz CT molecular complexity index is 972. The quantitative estimate of drug-likeness (QED) is 0.458. The lowest BCUT2D eigenvalue weighted by Crippen LogP contribution is -2.24. The zero-order chi connectivity index (χ0) is 19.4. The third kappa shape index (κ3) is 3.61. The number of H-pyrrole nitrogens is 1. The maximum atomic E-state index is 12.0. The second-order valence-corrected chi connectivity index (χ2v) is 5.08. The van der Waals surface area contributed by atoms with E-state index in [4.69, 9.17) is 5.73 Å². The molecule has 1 heterocycles. The first-order valence-electron chi connectivity index (χ1n) is 7.15. The summed E-state index contributed by atoms with van der Waals surface area (Å²) in [6, 6.07) is 5.88. The van der Waals surface area contributed by atoms with E-state index in [9.17, 15) is 29.4 Å². The molecule has 0 atom stereocenters. The smallest absolute Gasteiger partial charge is 0.342 e.